The maximum absolute atomic E-state index is 13.0. The summed E-state index contributed by atoms with van der Waals surface area (Å²) in [7, 11) is 1.84. The number of aromatic nitrogens is 5. The molecular formula is C21H22N6O2. The number of phenols is 1. The second-order valence-electron chi connectivity index (χ2n) is 7.89. The number of benzene rings is 1. The zero-order valence-electron chi connectivity index (χ0n) is 16.3. The van der Waals surface area contributed by atoms with Crippen LogP contribution in [0.25, 0.3) is 33.2 Å². The highest BCUT2D eigenvalue weighted by Gasteiger charge is 2.24. The van der Waals surface area contributed by atoms with Gasteiger partial charge in [-0.15, -0.1) is 0 Å². The summed E-state index contributed by atoms with van der Waals surface area (Å²) in [5, 5.41) is 16.4. The van der Waals surface area contributed by atoms with Gasteiger partial charge in [-0.1, -0.05) is 0 Å². The first-order valence-electron chi connectivity index (χ1n) is 9.72. The highest BCUT2D eigenvalue weighted by atomic mass is 16.3. The number of pyridine rings is 1. The van der Waals surface area contributed by atoms with Gasteiger partial charge in [-0.25, -0.2) is 9.97 Å². The Balaban J connectivity index is 1.63. The first-order chi connectivity index (χ1) is 13.9. The maximum Gasteiger partial charge on any atom is 0.261 e. The average Bonchev–Trinajstić information content (AvgIpc) is 3.30. The molecule has 1 aromatic carbocycles. The number of hydrogen-bond acceptors (Lipinski definition) is 6. The van der Waals surface area contributed by atoms with Gasteiger partial charge in [0.05, 0.1) is 22.0 Å². The SMILES string of the molecule is Cc1c(O)c(-c2ncc3c(=O)n(C4CCC(N)C4)ccc3n2)cc2cn(C)nc12. The van der Waals surface area contributed by atoms with Crippen LogP contribution in [0.4, 0.5) is 0 Å². The average molecular weight is 390 g/mol. The van der Waals surface area contributed by atoms with Crippen molar-refractivity contribution in [3.63, 3.8) is 0 Å². The topological polar surface area (TPSA) is 112 Å². The molecule has 3 N–H and O–H groups in total. The zero-order chi connectivity index (χ0) is 20.3. The maximum atomic E-state index is 13.0. The Morgan fingerprint density at radius 2 is 2.14 bits per heavy atom. The molecule has 0 radical (unpaired) electrons. The van der Waals surface area contributed by atoms with Crippen LogP contribution in [0.1, 0.15) is 30.9 Å². The Kier molecular flexibility index (Phi) is 3.92. The summed E-state index contributed by atoms with van der Waals surface area (Å²) in [6.07, 6.45) is 7.87. The molecule has 0 aliphatic heterocycles. The monoisotopic (exact) mass is 390 g/mol. The number of nitrogens with two attached hydrogens (primary N) is 1. The highest BCUT2D eigenvalue weighted by molar-refractivity contribution is 5.90. The van der Waals surface area contributed by atoms with Crippen molar-refractivity contribution in [1.82, 2.24) is 24.3 Å². The van der Waals surface area contributed by atoms with Crippen molar-refractivity contribution in [3.8, 4) is 17.1 Å². The largest absolute Gasteiger partial charge is 0.507 e. The Hall–Kier alpha value is -3.26. The minimum atomic E-state index is -0.101. The van der Waals surface area contributed by atoms with Crippen LogP contribution in [0.15, 0.2) is 35.5 Å². The van der Waals surface area contributed by atoms with Crippen LogP contribution in [0.3, 0.4) is 0 Å². The fraction of sp³-hybridized carbons (Fsp3) is 0.333. The van der Waals surface area contributed by atoms with Crippen molar-refractivity contribution in [2.24, 2.45) is 12.8 Å². The number of rotatable bonds is 2. The molecule has 148 valence electrons. The van der Waals surface area contributed by atoms with Crippen LogP contribution in [0.5, 0.6) is 5.75 Å². The van der Waals surface area contributed by atoms with E-state index in [9.17, 15) is 9.90 Å². The summed E-state index contributed by atoms with van der Waals surface area (Å²) in [6.45, 7) is 1.82. The molecular weight excluding hydrogens is 368 g/mol. The van der Waals surface area contributed by atoms with Gasteiger partial charge < -0.3 is 15.4 Å². The quantitative estimate of drug-likeness (QED) is 0.544. The molecule has 1 saturated carbocycles. The lowest BCUT2D eigenvalue weighted by Gasteiger charge is -2.14. The van der Waals surface area contributed by atoms with Crippen LogP contribution in [0, 0.1) is 6.92 Å². The summed E-state index contributed by atoms with van der Waals surface area (Å²) in [5.74, 6) is 0.479. The molecule has 3 aromatic heterocycles. The molecule has 29 heavy (non-hydrogen) atoms. The van der Waals surface area contributed by atoms with E-state index in [-0.39, 0.29) is 23.4 Å². The smallest absolute Gasteiger partial charge is 0.261 e. The van der Waals surface area contributed by atoms with Crippen molar-refractivity contribution < 1.29 is 5.11 Å². The Morgan fingerprint density at radius 1 is 1.31 bits per heavy atom. The number of nitrogens with zero attached hydrogens (tertiary/aromatic N) is 5. The van der Waals surface area contributed by atoms with E-state index < -0.39 is 0 Å². The van der Waals surface area contributed by atoms with Gasteiger partial charge in [0.25, 0.3) is 5.56 Å². The summed E-state index contributed by atoms with van der Waals surface area (Å²) >= 11 is 0. The van der Waals surface area contributed by atoms with Crippen molar-refractivity contribution in [2.75, 3.05) is 0 Å². The number of aromatic hydroxyl groups is 1. The molecule has 2 atom stereocenters. The third-order valence-electron chi connectivity index (χ3n) is 5.88. The first-order valence-corrected chi connectivity index (χ1v) is 9.72. The van der Waals surface area contributed by atoms with Gasteiger partial charge >= 0.3 is 0 Å². The molecule has 0 bridgehead atoms. The molecule has 0 saturated heterocycles. The van der Waals surface area contributed by atoms with Gasteiger partial charge in [-0.3, -0.25) is 9.48 Å². The van der Waals surface area contributed by atoms with E-state index in [2.05, 4.69) is 15.1 Å². The summed E-state index contributed by atoms with van der Waals surface area (Å²) in [6, 6.07) is 3.93. The second kappa shape index (κ2) is 6.38. The lowest BCUT2D eigenvalue weighted by atomic mass is 10.1. The predicted octanol–water partition coefficient (Wildman–Crippen LogP) is 2.41. The summed E-state index contributed by atoms with van der Waals surface area (Å²) < 4.78 is 3.46. The molecule has 0 spiro atoms. The van der Waals surface area contributed by atoms with Crippen LogP contribution < -0.4 is 11.3 Å². The van der Waals surface area contributed by atoms with E-state index in [1.54, 1.807) is 21.6 Å². The van der Waals surface area contributed by atoms with Crippen molar-refractivity contribution >= 4 is 21.8 Å². The number of aryl methyl sites for hydroxylation is 2. The van der Waals surface area contributed by atoms with Crippen LogP contribution in [0.2, 0.25) is 0 Å². The lowest BCUT2D eigenvalue weighted by molar-refractivity contribution is 0.473. The number of hydrogen-bond donors (Lipinski definition) is 2. The molecule has 2 unspecified atom stereocenters. The lowest BCUT2D eigenvalue weighted by Crippen LogP contribution is -2.24. The Bertz CT molecular complexity index is 1320. The molecule has 5 rings (SSSR count). The second-order valence-corrected chi connectivity index (χ2v) is 7.89. The molecule has 4 aromatic rings. The molecule has 1 aliphatic carbocycles. The van der Waals surface area contributed by atoms with E-state index in [1.807, 2.05) is 32.3 Å². The summed E-state index contributed by atoms with van der Waals surface area (Å²) in [4.78, 5) is 21.9. The van der Waals surface area contributed by atoms with Crippen LogP contribution in [-0.4, -0.2) is 35.5 Å². The highest BCUT2D eigenvalue weighted by Crippen LogP contribution is 2.35. The molecule has 1 fully saturated rings. The van der Waals surface area contributed by atoms with E-state index >= 15 is 0 Å². The first kappa shape index (κ1) is 17.8. The molecule has 1 aliphatic rings. The van der Waals surface area contributed by atoms with Crippen molar-refractivity contribution in [3.05, 3.63) is 46.6 Å². The van der Waals surface area contributed by atoms with E-state index in [0.29, 0.717) is 27.9 Å². The van der Waals surface area contributed by atoms with Crippen LogP contribution in [-0.2, 0) is 7.05 Å². The summed E-state index contributed by atoms with van der Waals surface area (Å²) in [5.41, 5.74) is 8.41. The Morgan fingerprint density at radius 3 is 2.90 bits per heavy atom. The zero-order valence-corrected chi connectivity index (χ0v) is 16.3. The standard InChI is InChI=1S/C21H22N6O2/c1-11-18-12(10-26(2)25-18)7-15(19(11)28)20-23-9-16-17(24-20)5-6-27(21(16)29)14-4-3-13(22)8-14/h5-7,9-10,13-14,28H,3-4,8,22H2,1-2H3. The normalized spacial score (nSPS) is 19.4. The number of fused-ring (bicyclic) bond motifs is 2. The Labute approximate surface area is 166 Å². The minimum Gasteiger partial charge on any atom is -0.507 e. The number of phenolic OH excluding ortho intramolecular Hbond substituents is 1. The van der Waals surface area contributed by atoms with Crippen molar-refractivity contribution in [2.45, 2.75) is 38.3 Å². The van der Waals surface area contributed by atoms with Crippen LogP contribution >= 0.6 is 0 Å². The van der Waals surface area contributed by atoms with Gasteiger partial charge in [0.2, 0.25) is 0 Å². The predicted molar refractivity (Wildman–Crippen MR) is 111 cm³/mol. The molecule has 8 heteroatoms. The molecule has 8 nitrogen and oxygen atoms in total. The van der Waals surface area contributed by atoms with Gasteiger partial charge in [0.1, 0.15) is 5.75 Å². The fourth-order valence-corrected chi connectivity index (χ4v) is 4.32. The van der Waals surface area contributed by atoms with Gasteiger partial charge in [0.15, 0.2) is 5.82 Å². The van der Waals surface area contributed by atoms with Gasteiger partial charge in [0, 0.05) is 48.7 Å². The minimum absolute atomic E-state index is 0.101. The molecule has 0 amide bonds. The third-order valence-corrected chi connectivity index (χ3v) is 5.88. The third kappa shape index (κ3) is 2.79. The fourth-order valence-electron chi connectivity index (χ4n) is 4.32. The van der Waals surface area contributed by atoms with E-state index in [4.69, 9.17) is 5.73 Å². The van der Waals surface area contributed by atoms with Crippen molar-refractivity contribution in [1.29, 1.82) is 0 Å². The molecule has 3 heterocycles. The van der Waals surface area contributed by atoms with E-state index in [0.717, 1.165) is 30.2 Å². The van der Waals surface area contributed by atoms with E-state index in [1.165, 1.54) is 0 Å². The van der Waals surface area contributed by atoms with Gasteiger partial charge in [-0.2, -0.15) is 5.10 Å². The van der Waals surface area contributed by atoms with Gasteiger partial charge in [-0.05, 0) is 38.3 Å².